The van der Waals surface area contributed by atoms with Gasteiger partial charge in [0.1, 0.15) is 5.82 Å². The van der Waals surface area contributed by atoms with E-state index in [-0.39, 0.29) is 5.82 Å². The molecule has 0 aromatic heterocycles. The predicted molar refractivity (Wildman–Crippen MR) is 79.5 cm³/mol. The molecule has 0 atom stereocenters. The lowest BCUT2D eigenvalue weighted by molar-refractivity contribution is 0.625. The van der Waals surface area contributed by atoms with Crippen LogP contribution < -0.4 is 5.32 Å². The van der Waals surface area contributed by atoms with Crippen LogP contribution >= 0.6 is 15.9 Å². The monoisotopic (exact) mass is 318 g/mol. The molecule has 0 saturated heterocycles. The number of nitrogens with one attached hydrogen (secondary N) is 1. The van der Waals surface area contributed by atoms with Crippen LogP contribution in [-0.4, -0.2) is 18.8 Å². The Morgan fingerprint density at radius 3 is 2.79 bits per heavy atom. The second kappa shape index (κ2) is 5.13. The van der Waals surface area contributed by atoms with Crippen LogP contribution in [0.5, 0.6) is 0 Å². The molecule has 1 heterocycles. The third-order valence-electron chi connectivity index (χ3n) is 3.06. The zero-order valence-corrected chi connectivity index (χ0v) is 11.7. The highest BCUT2D eigenvalue weighted by Crippen LogP contribution is 2.26. The van der Waals surface area contributed by atoms with E-state index in [0.29, 0.717) is 17.8 Å². The fourth-order valence-corrected chi connectivity index (χ4v) is 2.55. The van der Waals surface area contributed by atoms with Crippen molar-refractivity contribution in [3.05, 3.63) is 63.9 Å². The smallest absolute Gasteiger partial charge is 0.132 e. The SMILES string of the molecule is Fc1ccccc1C1=NCCNc2ccc(Br)cc21. The van der Waals surface area contributed by atoms with E-state index < -0.39 is 0 Å². The van der Waals surface area contributed by atoms with E-state index in [1.807, 2.05) is 24.3 Å². The summed E-state index contributed by atoms with van der Waals surface area (Å²) in [6, 6.07) is 12.7. The molecule has 3 rings (SSSR count). The highest BCUT2D eigenvalue weighted by molar-refractivity contribution is 9.10. The topological polar surface area (TPSA) is 24.4 Å². The Morgan fingerprint density at radius 2 is 1.95 bits per heavy atom. The minimum atomic E-state index is -0.242. The molecule has 0 fully saturated rings. The molecule has 0 spiro atoms. The van der Waals surface area contributed by atoms with Crippen molar-refractivity contribution in [1.29, 1.82) is 0 Å². The molecule has 1 N–H and O–H groups in total. The van der Waals surface area contributed by atoms with Crippen LogP contribution in [-0.2, 0) is 0 Å². The summed E-state index contributed by atoms with van der Waals surface area (Å²) in [7, 11) is 0. The van der Waals surface area contributed by atoms with Gasteiger partial charge in [-0.2, -0.15) is 0 Å². The molecule has 0 bridgehead atoms. The molecule has 0 aliphatic carbocycles. The lowest BCUT2D eigenvalue weighted by Crippen LogP contribution is -2.07. The summed E-state index contributed by atoms with van der Waals surface area (Å²) in [6.45, 7) is 1.39. The molecule has 96 valence electrons. The summed E-state index contributed by atoms with van der Waals surface area (Å²) in [6.07, 6.45) is 0. The van der Waals surface area contributed by atoms with Crippen LogP contribution in [0.1, 0.15) is 11.1 Å². The summed E-state index contributed by atoms with van der Waals surface area (Å²) >= 11 is 3.46. The third-order valence-corrected chi connectivity index (χ3v) is 3.56. The van der Waals surface area contributed by atoms with Crippen LogP contribution in [0.4, 0.5) is 10.1 Å². The molecule has 1 aliphatic rings. The maximum Gasteiger partial charge on any atom is 0.132 e. The average molecular weight is 319 g/mol. The van der Waals surface area contributed by atoms with E-state index in [2.05, 4.69) is 26.2 Å². The van der Waals surface area contributed by atoms with Crippen molar-refractivity contribution in [1.82, 2.24) is 0 Å². The van der Waals surface area contributed by atoms with E-state index in [1.54, 1.807) is 12.1 Å². The molecule has 0 amide bonds. The van der Waals surface area contributed by atoms with Gasteiger partial charge in [-0.25, -0.2) is 4.39 Å². The molecule has 19 heavy (non-hydrogen) atoms. The Balaban J connectivity index is 2.20. The fourth-order valence-electron chi connectivity index (χ4n) is 2.19. The normalized spacial score (nSPS) is 14.1. The number of anilines is 1. The summed E-state index contributed by atoms with van der Waals surface area (Å²) in [5.41, 5.74) is 3.17. The van der Waals surface area contributed by atoms with Crippen LogP contribution in [0.3, 0.4) is 0 Å². The van der Waals surface area contributed by atoms with E-state index >= 15 is 0 Å². The highest BCUT2D eigenvalue weighted by Gasteiger charge is 2.17. The van der Waals surface area contributed by atoms with Crippen LogP contribution in [0.25, 0.3) is 0 Å². The minimum absolute atomic E-state index is 0.242. The molecule has 2 aromatic carbocycles. The van der Waals surface area contributed by atoms with Gasteiger partial charge in [0.2, 0.25) is 0 Å². The Kier molecular flexibility index (Phi) is 3.34. The number of nitrogens with zero attached hydrogens (tertiary/aromatic N) is 1. The largest absolute Gasteiger partial charge is 0.383 e. The third kappa shape index (κ3) is 2.40. The van der Waals surface area contributed by atoms with Gasteiger partial charge in [-0.1, -0.05) is 28.1 Å². The van der Waals surface area contributed by atoms with Crippen molar-refractivity contribution >= 4 is 27.3 Å². The predicted octanol–water partition coefficient (Wildman–Crippen LogP) is 3.85. The lowest BCUT2D eigenvalue weighted by Gasteiger charge is -2.11. The van der Waals surface area contributed by atoms with E-state index in [9.17, 15) is 4.39 Å². The molecule has 2 aromatic rings. The average Bonchev–Trinajstić information content (AvgIpc) is 2.61. The number of benzene rings is 2. The minimum Gasteiger partial charge on any atom is -0.383 e. The van der Waals surface area contributed by atoms with Gasteiger partial charge in [-0.3, -0.25) is 4.99 Å². The Labute approximate surface area is 119 Å². The zero-order valence-electron chi connectivity index (χ0n) is 10.2. The first-order chi connectivity index (χ1) is 9.25. The van der Waals surface area contributed by atoms with Gasteiger partial charge in [-0.05, 0) is 30.3 Å². The fraction of sp³-hybridized carbons (Fsp3) is 0.133. The van der Waals surface area contributed by atoms with Crippen molar-refractivity contribution in [2.24, 2.45) is 4.99 Å². The van der Waals surface area contributed by atoms with Crippen LogP contribution in [0, 0.1) is 5.82 Å². The molecular weight excluding hydrogens is 307 g/mol. The molecule has 0 unspecified atom stereocenters. The van der Waals surface area contributed by atoms with Crippen molar-refractivity contribution in [3.8, 4) is 0 Å². The van der Waals surface area contributed by atoms with Gasteiger partial charge in [0, 0.05) is 27.8 Å². The van der Waals surface area contributed by atoms with Crippen molar-refractivity contribution < 1.29 is 4.39 Å². The van der Waals surface area contributed by atoms with Crippen LogP contribution in [0.15, 0.2) is 51.9 Å². The van der Waals surface area contributed by atoms with Crippen molar-refractivity contribution in [3.63, 3.8) is 0 Å². The van der Waals surface area contributed by atoms with Gasteiger partial charge >= 0.3 is 0 Å². The van der Waals surface area contributed by atoms with Gasteiger partial charge in [0.25, 0.3) is 0 Å². The van der Waals surface area contributed by atoms with E-state index in [1.165, 1.54) is 6.07 Å². The first kappa shape index (κ1) is 12.4. The first-order valence-electron chi connectivity index (χ1n) is 6.09. The molecular formula is C15H12BrFN2. The Morgan fingerprint density at radius 1 is 1.11 bits per heavy atom. The van der Waals surface area contributed by atoms with Gasteiger partial charge in [0.15, 0.2) is 0 Å². The molecule has 0 saturated carbocycles. The van der Waals surface area contributed by atoms with Gasteiger partial charge in [0.05, 0.1) is 12.3 Å². The van der Waals surface area contributed by atoms with Crippen LogP contribution in [0.2, 0.25) is 0 Å². The number of hydrogen-bond donors (Lipinski definition) is 1. The zero-order chi connectivity index (χ0) is 13.2. The van der Waals surface area contributed by atoms with E-state index in [0.717, 1.165) is 22.3 Å². The molecule has 2 nitrogen and oxygen atoms in total. The lowest BCUT2D eigenvalue weighted by atomic mass is 10.0. The summed E-state index contributed by atoms with van der Waals surface area (Å²) < 4.78 is 14.9. The second-order valence-corrected chi connectivity index (χ2v) is 5.24. The maximum atomic E-state index is 14.0. The maximum absolute atomic E-state index is 14.0. The second-order valence-electron chi connectivity index (χ2n) is 4.33. The number of aliphatic imine (C=N–C) groups is 1. The Bertz CT molecular complexity index is 652. The first-order valence-corrected chi connectivity index (χ1v) is 6.88. The number of rotatable bonds is 1. The summed E-state index contributed by atoms with van der Waals surface area (Å²) in [5.74, 6) is -0.242. The Hall–Kier alpha value is -1.68. The molecule has 0 radical (unpaired) electrons. The van der Waals surface area contributed by atoms with Crippen molar-refractivity contribution in [2.45, 2.75) is 0 Å². The van der Waals surface area contributed by atoms with Crippen molar-refractivity contribution in [2.75, 3.05) is 18.4 Å². The number of benzodiazepines with no additional fused rings is 1. The molecule has 4 heteroatoms. The molecule has 1 aliphatic heterocycles. The number of hydrogen-bond acceptors (Lipinski definition) is 2. The van der Waals surface area contributed by atoms with Gasteiger partial charge < -0.3 is 5.32 Å². The number of fused-ring (bicyclic) bond motifs is 1. The summed E-state index contributed by atoms with van der Waals surface area (Å²) in [5, 5.41) is 3.31. The quantitative estimate of drug-likeness (QED) is 0.848. The highest BCUT2D eigenvalue weighted by atomic mass is 79.9. The standard InChI is InChI=1S/C15H12BrFN2/c16-10-5-6-14-12(9-10)15(19-8-7-18-14)11-3-1-2-4-13(11)17/h1-6,9,18H,7-8H2. The van der Waals surface area contributed by atoms with E-state index in [4.69, 9.17) is 0 Å². The number of halogens is 2. The van der Waals surface area contributed by atoms with Gasteiger partial charge in [-0.15, -0.1) is 0 Å². The summed E-state index contributed by atoms with van der Waals surface area (Å²) in [4.78, 5) is 4.53.